The number of carbonyl (C=O) groups excluding carboxylic acids is 1. The zero-order valence-corrected chi connectivity index (χ0v) is 14.8. The van der Waals surface area contributed by atoms with Gasteiger partial charge in [-0.05, 0) is 43.2 Å². The van der Waals surface area contributed by atoms with Crippen LogP contribution in [-0.4, -0.2) is 54.1 Å². The third kappa shape index (κ3) is 4.68. The molecule has 1 saturated heterocycles. The number of likely N-dealkylation sites (N-methyl/N-ethyl adjacent to an activating group) is 1. The van der Waals surface area contributed by atoms with Crippen LogP contribution in [0.2, 0.25) is 0 Å². The first-order chi connectivity index (χ1) is 12.6. The van der Waals surface area contributed by atoms with Gasteiger partial charge in [0.05, 0.1) is 12.5 Å². The van der Waals surface area contributed by atoms with Gasteiger partial charge < -0.3 is 14.5 Å². The third-order valence-electron chi connectivity index (χ3n) is 4.49. The standard InChI is InChI=1S/C19H23FN4O2/c1-23(12-13-26-17-7-5-16(20)6-8-17)18(25)15-4-2-11-24(14-15)19-21-9-3-10-22-19/h3,5-10,15H,2,4,11-14H2,1H3. The lowest BCUT2D eigenvalue weighted by molar-refractivity contribution is -0.134. The molecule has 0 aliphatic carbocycles. The average molecular weight is 358 g/mol. The van der Waals surface area contributed by atoms with Crippen molar-refractivity contribution < 1.29 is 13.9 Å². The van der Waals surface area contributed by atoms with E-state index in [1.807, 2.05) is 0 Å². The Labute approximate surface area is 152 Å². The van der Waals surface area contributed by atoms with Gasteiger partial charge in [0.15, 0.2) is 0 Å². The van der Waals surface area contributed by atoms with Gasteiger partial charge in [-0.3, -0.25) is 4.79 Å². The number of aromatic nitrogens is 2. The van der Waals surface area contributed by atoms with Crippen LogP contribution in [0.25, 0.3) is 0 Å². The zero-order chi connectivity index (χ0) is 18.4. The molecule has 0 bridgehead atoms. The Morgan fingerprint density at radius 3 is 2.77 bits per heavy atom. The molecule has 138 valence electrons. The van der Waals surface area contributed by atoms with Gasteiger partial charge in [-0.25, -0.2) is 14.4 Å². The number of piperidine rings is 1. The second kappa shape index (κ2) is 8.60. The topological polar surface area (TPSA) is 58.6 Å². The van der Waals surface area contributed by atoms with Crippen molar-refractivity contribution in [2.24, 2.45) is 5.92 Å². The number of anilines is 1. The van der Waals surface area contributed by atoms with Crippen LogP contribution in [-0.2, 0) is 4.79 Å². The molecule has 2 heterocycles. The van der Waals surface area contributed by atoms with Gasteiger partial charge in [0.1, 0.15) is 18.2 Å². The van der Waals surface area contributed by atoms with Crippen LogP contribution < -0.4 is 9.64 Å². The number of rotatable bonds is 6. The molecule has 0 spiro atoms. The quantitative estimate of drug-likeness (QED) is 0.793. The first-order valence-electron chi connectivity index (χ1n) is 8.79. The fraction of sp³-hybridized carbons (Fsp3) is 0.421. The third-order valence-corrected chi connectivity index (χ3v) is 4.49. The van der Waals surface area contributed by atoms with Gasteiger partial charge in [-0.1, -0.05) is 0 Å². The largest absolute Gasteiger partial charge is 0.492 e. The van der Waals surface area contributed by atoms with Crippen LogP contribution in [0.3, 0.4) is 0 Å². The molecule has 7 heteroatoms. The summed E-state index contributed by atoms with van der Waals surface area (Å²) < 4.78 is 18.5. The minimum absolute atomic E-state index is 0.0663. The molecule has 0 radical (unpaired) electrons. The first-order valence-corrected chi connectivity index (χ1v) is 8.79. The first kappa shape index (κ1) is 18.1. The number of ether oxygens (including phenoxy) is 1. The van der Waals surface area contributed by atoms with E-state index in [4.69, 9.17) is 4.74 Å². The molecule has 1 atom stereocenters. The minimum atomic E-state index is -0.297. The van der Waals surface area contributed by atoms with Crippen LogP contribution in [0.5, 0.6) is 5.75 Å². The normalized spacial score (nSPS) is 17.0. The van der Waals surface area contributed by atoms with Crippen LogP contribution in [0.1, 0.15) is 12.8 Å². The maximum Gasteiger partial charge on any atom is 0.227 e. The maximum atomic E-state index is 12.9. The maximum absolute atomic E-state index is 12.9. The highest BCUT2D eigenvalue weighted by atomic mass is 19.1. The molecule has 0 saturated carbocycles. The zero-order valence-electron chi connectivity index (χ0n) is 14.8. The van der Waals surface area contributed by atoms with E-state index in [1.165, 1.54) is 12.1 Å². The fourth-order valence-electron chi connectivity index (χ4n) is 3.07. The van der Waals surface area contributed by atoms with Crippen LogP contribution in [0.15, 0.2) is 42.7 Å². The molecule has 1 aromatic heterocycles. The van der Waals surface area contributed by atoms with Gasteiger partial charge in [-0.2, -0.15) is 0 Å². The molecule has 2 aromatic rings. The van der Waals surface area contributed by atoms with E-state index < -0.39 is 0 Å². The van der Waals surface area contributed by atoms with Crippen LogP contribution in [0, 0.1) is 11.7 Å². The molecule has 1 fully saturated rings. The molecule has 1 aromatic carbocycles. The number of nitrogens with zero attached hydrogens (tertiary/aromatic N) is 4. The molecule has 1 unspecified atom stereocenters. The average Bonchev–Trinajstić information content (AvgIpc) is 2.69. The second-order valence-electron chi connectivity index (χ2n) is 6.40. The molecule has 26 heavy (non-hydrogen) atoms. The summed E-state index contributed by atoms with van der Waals surface area (Å²) in [7, 11) is 1.79. The van der Waals surface area contributed by atoms with E-state index in [-0.39, 0.29) is 17.6 Å². The van der Waals surface area contributed by atoms with Gasteiger partial charge in [0.25, 0.3) is 0 Å². The number of halogens is 1. The van der Waals surface area contributed by atoms with E-state index in [9.17, 15) is 9.18 Å². The Morgan fingerprint density at radius 1 is 1.31 bits per heavy atom. The smallest absolute Gasteiger partial charge is 0.227 e. The highest BCUT2D eigenvalue weighted by molar-refractivity contribution is 5.79. The van der Waals surface area contributed by atoms with Gasteiger partial charge in [0, 0.05) is 32.5 Å². The van der Waals surface area contributed by atoms with Crippen molar-refractivity contribution >= 4 is 11.9 Å². The van der Waals surface area contributed by atoms with Crippen molar-refractivity contribution in [1.29, 1.82) is 0 Å². The Hall–Kier alpha value is -2.70. The lowest BCUT2D eigenvalue weighted by Gasteiger charge is -2.33. The summed E-state index contributed by atoms with van der Waals surface area (Å²) in [4.78, 5) is 25.0. The summed E-state index contributed by atoms with van der Waals surface area (Å²) in [5.74, 6) is 1.01. The molecular formula is C19H23FN4O2. The molecule has 1 aliphatic rings. The predicted molar refractivity (Wildman–Crippen MR) is 96.5 cm³/mol. The summed E-state index contributed by atoms with van der Waals surface area (Å²) in [6.45, 7) is 2.35. The SMILES string of the molecule is CN(CCOc1ccc(F)cc1)C(=O)C1CCCN(c2ncccn2)C1. The lowest BCUT2D eigenvalue weighted by Crippen LogP contribution is -2.45. The molecule has 3 rings (SSSR count). The molecule has 1 aliphatic heterocycles. The molecule has 6 nitrogen and oxygen atoms in total. The molecule has 0 N–H and O–H groups in total. The Bertz CT molecular complexity index is 711. The van der Waals surface area contributed by atoms with Crippen molar-refractivity contribution in [3.8, 4) is 5.75 Å². The highest BCUT2D eigenvalue weighted by Crippen LogP contribution is 2.21. The number of amides is 1. The van der Waals surface area contributed by atoms with Crippen molar-refractivity contribution in [2.75, 3.05) is 38.2 Å². The van der Waals surface area contributed by atoms with Gasteiger partial charge >= 0.3 is 0 Å². The van der Waals surface area contributed by atoms with Crippen LogP contribution in [0.4, 0.5) is 10.3 Å². The van der Waals surface area contributed by atoms with E-state index in [0.717, 1.165) is 19.4 Å². The van der Waals surface area contributed by atoms with Crippen molar-refractivity contribution in [3.05, 3.63) is 48.5 Å². The number of carbonyl (C=O) groups is 1. The van der Waals surface area contributed by atoms with E-state index in [1.54, 1.807) is 42.5 Å². The predicted octanol–water partition coefficient (Wildman–Crippen LogP) is 2.37. The second-order valence-corrected chi connectivity index (χ2v) is 6.40. The summed E-state index contributed by atoms with van der Waals surface area (Å²) >= 11 is 0. The van der Waals surface area contributed by atoms with Gasteiger partial charge in [-0.15, -0.1) is 0 Å². The summed E-state index contributed by atoms with van der Waals surface area (Å²) in [6.07, 6.45) is 5.24. The van der Waals surface area contributed by atoms with Crippen molar-refractivity contribution in [2.45, 2.75) is 12.8 Å². The number of hydrogen-bond donors (Lipinski definition) is 0. The monoisotopic (exact) mass is 358 g/mol. The van der Waals surface area contributed by atoms with Crippen molar-refractivity contribution in [3.63, 3.8) is 0 Å². The number of benzene rings is 1. The molecular weight excluding hydrogens is 335 g/mol. The summed E-state index contributed by atoms with van der Waals surface area (Å²) in [5.41, 5.74) is 0. The Kier molecular flexibility index (Phi) is 5.99. The lowest BCUT2D eigenvalue weighted by atomic mass is 9.97. The van der Waals surface area contributed by atoms with Crippen molar-refractivity contribution in [1.82, 2.24) is 14.9 Å². The summed E-state index contributed by atoms with van der Waals surface area (Å²) in [6, 6.07) is 7.65. The van der Waals surface area contributed by atoms with Gasteiger partial charge in [0.2, 0.25) is 11.9 Å². The Balaban J connectivity index is 1.48. The van der Waals surface area contributed by atoms with E-state index >= 15 is 0 Å². The Morgan fingerprint density at radius 2 is 2.04 bits per heavy atom. The van der Waals surface area contributed by atoms with E-state index in [0.29, 0.717) is 31.4 Å². The fourth-order valence-corrected chi connectivity index (χ4v) is 3.07. The number of hydrogen-bond acceptors (Lipinski definition) is 5. The van der Waals surface area contributed by atoms with E-state index in [2.05, 4.69) is 14.9 Å². The molecule has 1 amide bonds. The highest BCUT2D eigenvalue weighted by Gasteiger charge is 2.28. The van der Waals surface area contributed by atoms with Crippen LogP contribution >= 0.6 is 0 Å². The minimum Gasteiger partial charge on any atom is -0.492 e. The summed E-state index contributed by atoms with van der Waals surface area (Å²) in [5, 5.41) is 0.